The van der Waals surface area contributed by atoms with Crippen LogP contribution in [0.15, 0.2) is 57.0 Å². The molecule has 0 heterocycles. The Balaban J connectivity index is 2.45. The van der Waals surface area contributed by atoms with E-state index >= 15 is 0 Å². The Bertz CT molecular complexity index is 604. The molecular weight excluding hydrogens is 326 g/mol. The van der Waals surface area contributed by atoms with Crippen molar-refractivity contribution >= 4 is 33.1 Å². The van der Waals surface area contributed by atoms with E-state index in [0.717, 1.165) is 27.0 Å². The van der Waals surface area contributed by atoms with E-state index in [2.05, 4.69) is 20.9 Å². The molecule has 1 aliphatic rings. The van der Waals surface area contributed by atoms with E-state index in [1.165, 1.54) is 0 Å². The molecule has 0 aromatic heterocycles. The summed E-state index contributed by atoms with van der Waals surface area (Å²) in [4.78, 5) is 17.1. The first kappa shape index (κ1) is 15.9. The first-order valence-electron chi connectivity index (χ1n) is 7.20. The summed E-state index contributed by atoms with van der Waals surface area (Å²) in [5.41, 5.74) is 3.43. The van der Waals surface area contributed by atoms with E-state index in [4.69, 9.17) is 0 Å². The number of ketones is 1. The van der Waals surface area contributed by atoms with E-state index in [1.807, 2.05) is 64.1 Å². The van der Waals surface area contributed by atoms with Crippen molar-refractivity contribution in [1.82, 2.24) is 0 Å². The third kappa shape index (κ3) is 3.79. The molecule has 21 heavy (non-hydrogen) atoms. The van der Waals surface area contributed by atoms with Crippen LogP contribution >= 0.6 is 15.9 Å². The fourth-order valence-corrected chi connectivity index (χ4v) is 2.51. The lowest BCUT2D eigenvalue weighted by atomic mass is 9.84. The van der Waals surface area contributed by atoms with Crippen LogP contribution in [0.25, 0.3) is 0 Å². The quantitative estimate of drug-likeness (QED) is 0.686. The average Bonchev–Trinajstić information content (AvgIpc) is 2.42. The van der Waals surface area contributed by atoms with Crippen molar-refractivity contribution in [2.45, 2.75) is 27.7 Å². The topological polar surface area (TPSA) is 29.4 Å². The van der Waals surface area contributed by atoms with Crippen LogP contribution in [-0.4, -0.2) is 11.5 Å². The Labute approximate surface area is 134 Å². The number of halogens is 1. The van der Waals surface area contributed by atoms with Gasteiger partial charge in [-0.3, -0.25) is 4.79 Å². The lowest BCUT2D eigenvalue weighted by molar-refractivity contribution is -0.113. The highest BCUT2D eigenvalue weighted by atomic mass is 79.9. The number of carbonyl (C=O) groups excluding carboxylic acids is 1. The fourth-order valence-electron chi connectivity index (χ4n) is 2.25. The van der Waals surface area contributed by atoms with Crippen LogP contribution in [0.3, 0.4) is 0 Å². The van der Waals surface area contributed by atoms with E-state index in [9.17, 15) is 4.79 Å². The number of allylic oxidation sites excluding steroid dienone is 4. The van der Waals surface area contributed by atoms with Crippen LogP contribution in [-0.2, 0) is 4.79 Å². The minimum absolute atomic E-state index is 0.162. The Kier molecular flexibility index (Phi) is 4.94. The maximum Gasteiger partial charge on any atom is 0.185 e. The van der Waals surface area contributed by atoms with Gasteiger partial charge in [0.25, 0.3) is 0 Å². The third-order valence-corrected chi connectivity index (χ3v) is 3.99. The predicted molar refractivity (Wildman–Crippen MR) is 92.1 cm³/mol. The number of carbonyl (C=O) groups is 1. The minimum Gasteiger partial charge on any atom is -0.289 e. The summed E-state index contributed by atoms with van der Waals surface area (Å²) in [6.45, 7) is 8.18. The van der Waals surface area contributed by atoms with E-state index < -0.39 is 0 Å². The van der Waals surface area contributed by atoms with Crippen molar-refractivity contribution in [2.24, 2.45) is 16.8 Å². The second-order valence-electron chi connectivity index (χ2n) is 5.85. The summed E-state index contributed by atoms with van der Waals surface area (Å²) in [5.74, 6) is 0.569. The second-order valence-corrected chi connectivity index (χ2v) is 6.77. The van der Waals surface area contributed by atoms with Gasteiger partial charge in [0.15, 0.2) is 5.78 Å². The van der Waals surface area contributed by atoms with E-state index in [0.29, 0.717) is 0 Å². The van der Waals surface area contributed by atoms with E-state index in [1.54, 1.807) is 0 Å². The average molecular weight is 346 g/mol. The minimum atomic E-state index is 0.162. The van der Waals surface area contributed by atoms with Crippen molar-refractivity contribution < 1.29 is 4.79 Å². The number of rotatable bonds is 3. The van der Waals surface area contributed by atoms with Crippen LogP contribution in [0, 0.1) is 11.8 Å². The molecule has 0 fully saturated rings. The van der Waals surface area contributed by atoms with Gasteiger partial charge < -0.3 is 0 Å². The van der Waals surface area contributed by atoms with Crippen LogP contribution in [0.4, 0.5) is 5.69 Å². The molecule has 3 heteroatoms. The van der Waals surface area contributed by atoms with Gasteiger partial charge in [-0.2, -0.15) is 0 Å². The molecule has 0 amide bonds. The van der Waals surface area contributed by atoms with Crippen molar-refractivity contribution in [1.29, 1.82) is 0 Å². The molecule has 2 nitrogen and oxygen atoms in total. The van der Waals surface area contributed by atoms with Gasteiger partial charge in [0.1, 0.15) is 0 Å². The van der Waals surface area contributed by atoms with Gasteiger partial charge in [-0.15, -0.1) is 0 Å². The zero-order valence-corrected chi connectivity index (χ0v) is 14.4. The Hall–Kier alpha value is -1.48. The number of Topliss-reactive ketones (excluding diaryl/α,β-unsaturated/α-hetero) is 1. The van der Waals surface area contributed by atoms with Crippen LogP contribution in [0.5, 0.6) is 0 Å². The molecule has 0 aliphatic heterocycles. The van der Waals surface area contributed by atoms with Crippen LogP contribution in [0.1, 0.15) is 27.7 Å². The maximum atomic E-state index is 12.5. The molecule has 0 bridgehead atoms. The number of nitrogens with zero attached hydrogens (tertiary/aromatic N) is 1. The highest BCUT2D eigenvalue weighted by Gasteiger charge is 2.24. The first-order valence-corrected chi connectivity index (χ1v) is 8.00. The summed E-state index contributed by atoms with van der Waals surface area (Å²) in [5, 5.41) is 0. The standard InChI is InChI=1S/C18H20BrNO/c1-11(2)16-9-15(10-17(12(3)4)18(16)21)20-14-7-5-13(19)6-8-14/h5-12H,1-4H3. The Morgan fingerprint density at radius 1 is 0.905 bits per heavy atom. The van der Waals surface area contributed by atoms with E-state index in [-0.39, 0.29) is 17.6 Å². The number of benzene rings is 1. The molecule has 0 N–H and O–H groups in total. The van der Waals surface area contributed by atoms with Crippen molar-refractivity contribution in [2.75, 3.05) is 0 Å². The largest absolute Gasteiger partial charge is 0.289 e. The van der Waals surface area contributed by atoms with Gasteiger partial charge >= 0.3 is 0 Å². The molecule has 0 atom stereocenters. The number of hydrogen-bond acceptors (Lipinski definition) is 2. The van der Waals surface area contributed by atoms with Crippen LogP contribution in [0.2, 0.25) is 0 Å². The predicted octanol–water partition coefficient (Wildman–Crippen LogP) is 5.27. The van der Waals surface area contributed by atoms with Gasteiger partial charge in [-0.05, 0) is 48.3 Å². The number of aliphatic imine (C=N–C) groups is 1. The molecular formula is C18H20BrNO. The molecule has 110 valence electrons. The zero-order valence-electron chi connectivity index (χ0n) is 12.9. The monoisotopic (exact) mass is 345 g/mol. The molecule has 0 saturated carbocycles. The Morgan fingerprint density at radius 2 is 1.38 bits per heavy atom. The lowest BCUT2D eigenvalue weighted by Gasteiger charge is -2.20. The van der Waals surface area contributed by atoms with Crippen molar-refractivity contribution in [3.8, 4) is 0 Å². The van der Waals surface area contributed by atoms with Gasteiger partial charge in [0.2, 0.25) is 0 Å². The van der Waals surface area contributed by atoms with Gasteiger partial charge in [0, 0.05) is 15.6 Å². The van der Waals surface area contributed by atoms with Gasteiger partial charge in [-0.1, -0.05) is 43.6 Å². The normalized spacial score (nSPS) is 15.4. The zero-order chi connectivity index (χ0) is 15.6. The maximum absolute atomic E-state index is 12.5. The first-order chi connectivity index (χ1) is 9.88. The summed E-state index contributed by atoms with van der Waals surface area (Å²) < 4.78 is 1.03. The molecule has 0 radical (unpaired) electrons. The van der Waals surface area contributed by atoms with Gasteiger partial charge in [-0.25, -0.2) is 4.99 Å². The molecule has 1 aromatic carbocycles. The van der Waals surface area contributed by atoms with Crippen molar-refractivity contribution in [3.05, 3.63) is 52.0 Å². The second kappa shape index (κ2) is 6.52. The Morgan fingerprint density at radius 3 is 1.81 bits per heavy atom. The molecule has 0 unspecified atom stereocenters. The molecule has 1 aromatic rings. The molecule has 1 aliphatic carbocycles. The SMILES string of the molecule is CC(C)C1=CC(=Nc2ccc(Br)cc2)C=C(C(C)C)C1=O. The van der Waals surface area contributed by atoms with Crippen molar-refractivity contribution in [3.63, 3.8) is 0 Å². The highest BCUT2D eigenvalue weighted by molar-refractivity contribution is 9.10. The molecule has 0 spiro atoms. The number of hydrogen-bond donors (Lipinski definition) is 0. The summed E-state index contributed by atoms with van der Waals surface area (Å²) in [7, 11) is 0. The lowest BCUT2D eigenvalue weighted by Crippen LogP contribution is -2.20. The summed E-state index contributed by atoms with van der Waals surface area (Å²) in [6.07, 6.45) is 3.84. The van der Waals surface area contributed by atoms with Gasteiger partial charge in [0.05, 0.1) is 11.4 Å². The highest BCUT2D eigenvalue weighted by Crippen LogP contribution is 2.26. The third-order valence-electron chi connectivity index (χ3n) is 3.46. The molecule has 0 saturated heterocycles. The smallest absolute Gasteiger partial charge is 0.185 e. The summed E-state index contributed by atoms with van der Waals surface area (Å²) in [6, 6.07) is 7.85. The van der Waals surface area contributed by atoms with Crippen LogP contribution < -0.4 is 0 Å². The fraction of sp³-hybridized carbons (Fsp3) is 0.333. The summed E-state index contributed by atoms with van der Waals surface area (Å²) >= 11 is 3.42. The molecule has 2 rings (SSSR count).